The second-order valence-electron chi connectivity index (χ2n) is 5.99. The fourth-order valence-corrected chi connectivity index (χ4v) is 3.43. The van der Waals surface area contributed by atoms with Crippen molar-refractivity contribution in [1.29, 1.82) is 0 Å². The van der Waals surface area contributed by atoms with Gasteiger partial charge in [-0.15, -0.1) is 10.2 Å². The SMILES string of the molecule is O=C(CSc1nnc(-c2ccncc2)n1C1CC1)Nc1cccc(F)c1. The third-order valence-corrected chi connectivity index (χ3v) is 4.90. The van der Waals surface area contributed by atoms with Crippen LogP contribution in [0.4, 0.5) is 10.1 Å². The number of nitrogens with one attached hydrogen (secondary N) is 1. The van der Waals surface area contributed by atoms with Gasteiger partial charge in [-0.3, -0.25) is 14.3 Å². The number of rotatable bonds is 6. The second kappa shape index (κ2) is 7.25. The fraction of sp³-hybridized carbons (Fsp3) is 0.222. The molecule has 1 fully saturated rings. The molecule has 8 heteroatoms. The van der Waals surface area contributed by atoms with Crippen molar-refractivity contribution in [1.82, 2.24) is 19.7 Å². The number of aromatic nitrogens is 4. The number of amides is 1. The first-order valence-corrected chi connectivity index (χ1v) is 9.23. The Morgan fingerprint density at radius 3 is 2.77 bits per heavy atom. The lowest BCUT2D eigenvalue weighted by Crippen LogP contribution is -2.14. The van der Waals surface area contributed by atoms with Crippen LogP contribution in [0.5, 0.6) is 0 Å². The molecule has 1 amide bonds. The zero-order chi connectivity index (χ0) is 17.9. The van der Waals surface area contributed by atoms with E-state index < -0.39 is 0 Å². The van der Waals surface area contributed by atoms with E-state index in [9.17, 15) is 9.18 Å². The molecule has 0 unspecified atom stereocenters. The standard InChI is InChI=1S/C18H16FN5OS/c19-13-2-1-3-14(10-13)21-16(25)11-26-18-23-22-17(24(18)15-4-5-15)12-6-8-20-9-7-12/h1-3,6-10,15H,4-5,11H2,(H,21,25). The van der Waals surface area contributed by atoms with E-state index in [0.717, 1.165) is 24.2 Å². The molecule has 1 aliphatic rings. The molecule has 6 nitrogen and oxygen atoms in total. The molecule has 0 radical (unpaired) electrons. The molecule has 0 atom stereocenters. The van der Waals surface area contributed by atoms with Crippen molar-refractivity contribution in [3.05, 3.63) is 54.6 Å². The van der Waals surface area contributed by atoms with Crippen LogP contribution in [0.3, 0.4) is 0 Å². The normalized spacial score (nSPS) is 13.6. The average molecular weight is 369 g/mol. The number of benzene rings is 1. The number of carbonyl (C=O) groups is 1. The number of halogens is 1. The van der Waals surface area contributed by atoms with Gasteiger partial charge in [-0.25, -0.2) is 4.39 Å². The van der Waals surface area contributed by atoms with Gasteiger partial charge in [-0.05, 0) is 43.2 Å². The van der Waals surface area contributed by atoms with E-state index in [2.05, 4.69) is 25.1 Å². The molecular weight excluding hydrogens is 353 g/mol. The summed E-state index contributed by atoms with van der Waals surface area (Å²) in [4.78, 5) is 16.2. The van der Waals surface area contributed by atoms with Crippen LogP contribution >= 0.6 is 11.8 Å². The van der Waals surface area contributed by atoms with Crippen LogP contribution in [0.15, 0.2) is 53.9 Å². The molecule has 1 aliphatic carbocycles. The summed E-state index contributed by atoms with van der Waals surface area (Å²) in [5, 5.41) is 12.0. The van der Waals surface area contributed by atoms with Crippen molar-refractivity contribution in [2.24, 2.45) is 0 Å². The van der Waals surface area contributed by atoms with Gasteiger partial charge in [0, 0.05) is 29.7 Å². The molecule has 1 aromatic carbocycles. The Kier molecular flexibility index (Phi) is 4.66. The van der Waals surface area contributed by atoms with Crippen molar-refractivity contribution in [3.8, 4) is 11.4 Å². The van der Waals surface area contributed by atoms with Crippen LogP contribution in [0.1, 0.15) is 18.9 Å². The molecule has 1 saturated carbocycles. The van der Waals surface area contributed by atoms with Crippen molar-refractivity contribution in [2.75, 3.05) is 11.1 Å². The van der Waals surface area contributed by atoms with Gasteiger partial charge in [0.25, 0.3) is 0 Å². The van der Waals surface area contributed by atoms with Crippen LogP contribution in [-0.4, -0.2) is 31.4 Å². The van der Waals surface area contributed by atoms with Crippen molar-refractivity contribution in [3.63, 3.8) is 0 Å². The zero-order valence-electron chi connectivity index (χ0n) is 13.8. The molecule has 2 aromatic heterocycles. The van der Waals surface area contributed by atoms with Crippen LogP contribution in [-0.2, 0) is 4.79 Å². The lowest BCUT2D eigenvalue weighted by molar-refractivity contribution is -0.113. The Labute approximate surface area is 153 Å². The highest BCUT2D eigenvalue weighted by atomic mass is 32.2. The predicted octanol–water partition coefficient (Wildman–Crippen LogP) is 3.54. The molecule has 132 valence electrons. The number of carbonyl (C=O) groups excluding carboxylic acids is 1. The number of pyridine rings is 1. The van der Waals surface area contributed by atoms with Gasteiger partial charge in [-0.2, -0.15) is 0 Å². The molecular formula is C18H16FN5OS. The van der Waals surface area contributed by atoms with Gasteiger partial charge in [0.15, 0.2) is 11.0 Å². The summed E-state index contributed by atoms with van der Waals surface area (Å²) in [6.45, 7) is 0. The van der Waals surface area contributed by atoms with Crippen LogP contribution in [0, 0.1) is 5.82 Å². The van der Waals surface area contributed by atoms with E-state index in [-0.39, 0.29) is 17.5 Å². The van der Waals surface area contributed by atoms with Crippen LogP contribution in [0.2, 0.25) is 0 Å². The van der Waals surface area contributed by atoms with Gasteiger partial charge in [0.1, 0.15) is 5.82 Å². The second-order valence-corrected chi connectivity index (χ2v) is 6.93. The summed E-state index contributed by atoms with van der Waals surface area (Å²) in [5.74, 6) is 0.378. The van der Waals surface area contributed by atoms with Crippen LogP contribution in [0.25, 0.3) is 11.4 Å². The highest BCUT2D eigenvalue weighted by Gasteiger charge is 2.30. The number of anilines is 1. The summed E-state index contributed by atoms with van der Waals surface area (Å²) in [7, 11) is 0. The Morgan fingerprint density at radius 1 is 1.23 bits per heavy atom. The van der Waals surface area contributed by atoms with Gasteiger partial charge in [0.2, 0.25) is 5.91 Å². The molecule has 3 aromatic rings. The maximum atomic E-state index is 13.2. The first-order valence-electron chi connectivity index (χ1n) is 8.24. The molecule has 0 aliphatic heterocycles. The molecule has 0 spiro atoms. The Morgan fingerprint density at radius 2 is 2.04 bits per heavy atom. The Bertz CT molecular complexity index is 926. The quantitative estimate of drug-likeness (QED) is 0.673. The molecule has 1 N–H and O–H groups in total. The number of thioether (sulfide) groups is 1. The zero-order valence-corrected chi connectivity index (χ0v) is 14.6. The minimum atomic E-state index is -0.383. The van der Waals surface area contributed by atoms with Crippen molar-refractivity contribution >= 4 is 23.4 Å². The Hall–Kier alpha value is -2.74. The first kappa shape index (κ1) is 16.7. The molecule has 2 heterocycles. The van der Waals surface area contributed by atoms with E-state index in [4.69, 9.17) is 0 Å². The number of hydrogen-bond acceptors (Lipinski definition) is 5. The summed E-state index contributed by atoms with van der Waals surface area (Å²) < 4.78 is 15.3. The van der Waals surface area contributed by atoms with Gasteiger partial charge >= 0.3 is 0 Å². The summed E-state index contributed by atoms with van der Waals surface area (Å²) in [6.07, 6.45) is 5.61. The van der Waals surface area contributed by atoms with E-state index in [1.165, 1.54) is 23.9 Å². The summed E-state index contributed by atoms with van der Waals surface area (Å²) >= 11 is 1.33. The monoisotopic (exact) mass is 369 g/mol. The van der Waals surface area contributed by atoms with E-state index in [0.29, 0.717) is 16.9 Å². The molecule has 0 saturated heterocycles. The van der Waals surface area contributed by atoms with Crippen molar-refractivity contribution in [2.45, 2.75) is 24.0 Å². The molecule has 4 rings (SSSR count). The average Bonchev–Trinajstić information content (AvgIpc) is 3.40. The largest absolute Gasteiger partial charge is 0.325 e. The Balaban J connectivity index is 1.47. The first-order chi connectivity index (χ1) is 12.7. The lowest BCUT2D eigenvalue weighted by atomic mass is 10.2. The number of hydrogen-bond donors (Lipinski definition) is 1. The lowest BCUT2D eigenvalue weighted by Gasteiger charge is -2.09. The van der Waals surface area contributed by atoms with Crippen molar-refractivity contribution < 1.29 is 9.18 Å². The third-order valence-electron chi connectivity index (χ3n) is 3.96. The highest BCUT2D eigenvalue weighted by Crippen LogP contribution is 2.40. The molecule has 26 heavy (non-hydrogen) atoms. The number of nitrogens with zero attached hydrogens (tertiary/aromatic N) is 4. The topological polar surface area (TPSA) is 72.7 Å². The maximum absolute atomic E-state index is 13.2. The third kappa shape index (κ3) is 3.75. The highest BCUT2D eigenvalue weighted by molar-refractivity contribution is 7.99. The van der Waals surface area contributed by atoms with Gasteiger partial charge in [-0.1, -0.05) is 17.8 Å². The summed E-state index contributed by atoms with van der Waals surface area (Å²) in [5.41, 5.74) is 1.40. The smallest absolute Gasteiger partial charge is 0.234 e. The predicted molar refractivity (Wildman–Crippen MR) is 97.3 cm³/mol. The van der Waals surface area contributed by atoms with Crippen LogP contribution < -0.4 is 5.32 Å². The maximum Gasteiger partial charge on any atom is 0.234 e. The van der Waals surface area contributed by atoms with Gasteiger partial charge < -0.3 is 5.32 Å². The minimum Gasteiger partial charge on any atom is -0.325 e. The van der Waals surface area contributed by atoms with E-state index in [1.807, 2.05) is 12.1 Å². The fourth-order valence-electron chi connectivity index (χ4n) is 2.63. The minimum absolute atomic E-state index is 0.178. The summed E-state index contributed by atoms with van der Waals surface area (Å²) in [6, 6.07) is 10.0. The van der Waals surface area contributed by atoms with E-state index >= 15 is 0 Å². The van der Waals surface area contributed by atoms with Gasteiger partial charge in [0.05, 0.1) is 5.75 Å². The molecule has 0 bridgehead atoms. The van der Waals surface area contributed by atoms with E-state index in [1.54, 1.807) is 24.5 Å².